The molecule has 0 spiro atoms. The van der Waals surface area contributed by atoms with E-state index in [0.29, 0.717) is 39.5 Å². The molecule has 2 unspecified atom stereocenters. The van der Waals surface area contributed by atoms with Gasteiger partial charge in [0.1, 0.15) is 11.6 Å². The number of nitrogens with zero attached hydrogens (tertiary/aromatic N) is 1. The lowest BCUT2D eigenvalue weighted by atomic mass is 9.69. The van der Waals surface area contributed by atoms with Crippen LogP contribution in [0.5, 0.6) is 5.75 Å². The quantitative estimate of drug-likeness (QED) is 0.511. The molecule has 31 heavy (non-hydrogen) atoms. The van der Waals surface area contributed by atoms with Gasteiger partial charge in [0.05, 0.1) is 12.7 Å². The molecule has 2 aromatic rings. The van der Waals surface area contributed by atoms with Crippen molar-refractivity contribution in [3.05, 3.63) is 57.0 Å². The van der Waals surface area contributed by atoms with Crippen molar-refractivity contribution in [1.82, 2.24) is 9.97 Å². The van der Waals surface area contributed by atoms with Gasteiger partial charge >= 0.3 is 0 Å². The van der Waals surface area contributed by atoms with Crippen LogP contribution in [0.15, 0.2) is 45.5 Å². The van der Waals surface area contributed by atoms with Crippen LogP contribution < -0.4 is 15.6 Å². The van der Waals surface area contributed by atoms with Crippen LogP contribution in [0.25, 0.3) is 0 Å². The summed E-state index contributed by atoms with van der Waals surface area (Å²) in [6.45, 7) is 8.42. The molecule has 2 aliphatic rings. The SMILES string of the molecule is CCC(C)Sc1nc2c(c(=O)[nH]1)C(c1cccc(OC)c1)C1=C(CC(C)(C)CC1=O)N2. The predicted octanol–water partition coefficient (Wildman–Crippen LogP) is 4.87. The molecule has 2 heterocycles. The third-order valence-corrected chi connectivity index (χ3v) is 7.17. The van der Waals surface area contributed by atoms with E-state index in [-0.39, 0.29) is 16.8 Å². The van der Waals surface area contributed by atoms with Crippen molar-refractivity contribution >= 4 is 23.4 Å². The number of hydrogen-bond acceptors (Lipinski definition) is 6. The maximum Gasteiger partial charge on any atom is 0.257 e. The highest BCUT2D eigenvalue weighted by Crippen LogP contribution is 2.48. The van der Waals surface area contributed by atoms with Gasteiger partial charge in [-0.15, -0.1) is 0 Å². The van der Waals surface area contributed by atoms with Crippen molar-refractivity contribution in [1.29, 1.82) is 0 Å². The van der Waals surface area contributed by atoms with Gasteiger partial charge in [-0.2, -0.15) is 0 Å². The average molecular weight is 440 g/mol. The molecule has 6 nitrogen and oxygen atoms in total. The normalized spacial score (nSPS) is 20.5. The summed E-state index contributed by atoms with van der Waals surface area (Å²) in [5.74, 6) is 0.849. The number of fused-ring (bicyclic) bond motifs is 1. The first-order valence-electron chi connectivity index (χ1n) is 10.7. The number of methoxy groups -OCH3 is 1. The monoisotopic (exact) mass is 439 g/mol. The molecule has 4 rings (SSSR count). The number of Topliss-reactive ketones (excluding diaryl/α,β-unsaturated/α-hetero) is 1. The summed E-state index contributed by atoms with van der Waals surface area (Å²) in [6, 6.07) is 7.60. The number of H-pyrrole nitrogens is 1. The molecule has 1 aliphatic carbocycles. The first-order valence-corrected chi connectivity index (χ1v) is 11.6. The van der Waals surface area contributed by atoms with Crippen molar-refractivity contribution in [2.45, 2.75) is 63.3 Å². The molecule has 0 saturated carbocycles. The Bertz CT molecular complexity index is 1120. The van der Waals surface area contributed by atoms with Crippen LogP contribution in [0, 0.1) is 5.41 Å². The molecule has 0 bridgehead atoms. The highest BCUT2D eigenvalue weighted by molar-refractivity contribution is 7.99. The third kappa shape index (κ3) is 4.15. The second kappa shape index (κ2) is 8.19. The third-order valence-electron chi connectivity index (χ3n) is 6.02. The molecule has 7 heteroatoms. The van der Waals surface area contributed by atoms with E-state index in [1.54, 1.807) is 18.9 Å². The summed E-state index contributed by atoms with van der Waals surface area (Å²) in [6.07, 6.45) is 2.16. The topological polar surface area (TPSA) is 84.1 Å². The molecule has 0 radical (unpaired) electrons. The zero-order valence-electron chi connectivity index (χ0n) is 18.7. The first kappa shape index (κ1) is 21.7. The van der Waals surface area contributed by atoms with E-state index in [4.69, 9.17) is 9.72 Å². The summed E-state index contributed by atoms with van der Waals surface area (Å²) in [7, 11) is 1.61. The van der Waals surface area contributed by atoms with E-state index in [1.165, 1.54) is 0 Å². The Morgan fingerprint density at radius 1 is 1.29 bits per heavy atom. The zero-order chi connectivity index (χ0) is 22.3. The van der Waals surface area contributed by atoms with Gasteiger partial charge in [0.2, 0.25) is 0 Å². The van der Waals surface area contributed by atoms with E-state index in [1.807, 2.05) is 24.3 Å². The van der Waals surface area contributed by atoms with Gasteiger partial charge in [-0.3, -0.25) is 9.59 Å². The summed E-state index contributed by atoms with van der Waals surface area (Å²) >= 11 is 1.55. The number of allylic oxidation sites excluding steroid dienone is 2. The fourth-order valence-corrected chi connectivity index (χ4v) is 5.22. The van der Waals surface area contributed by atoms with Gasteiger partial charge in [-0.25, -0.2) is 4.98 Å². The maximum absolute atomic E-state index is 13.3. The Balaban J connectivity index is 1.91. The largest absolute Gasteiger partial charge is 0.497 e. The van der Waals surface area contributed by atoms with E-state index >= 15 is 0 Å². The number of thioether (sulfide) groups is 1. The number of hydrogen-bond donors (Lipinski definition) is 2. The molecule has 2 atom stereocenters. The highest BCUT2D eigenvalue weighted by atomic mass is 32.2. The number of benzene rings is 1. The van der Waals surface area contributed by atoms with Crippen molar-refractivity contribution in [2.75, 3.05) is 12.4 Å². The molecule has 1 aliphatic heterocycles. The average Bonchev–Trinajstić information content (AvgIpc) is 2.71. The van der Waals surface area contributed by atoms with E-state index in [9.17, 15) is 9.59 Å². The minimum Gasteiger partial charge on any atom is -0.497 e. The number of nitrogens with one attached hydrogen (secondary N) is 2. The second-order valence-corrected chi connectivity index (χ2v) is 10.6. The van der Waals surface area contributed by atoms with E-state index in [2.05, 4.69) is 38.0 Å². The number of aromatic amines is 1. The first-order chi connectivity index (χ1) is 14.7. The molecule has 1 aromatic heterocycles. The van der Waals surface area contributed by atoms with Crippen molar-refractivity contribution in [3.63, 3.8) is 0 Å². The molecule has 1 aromatic carbocycles. The Hall–Kier alpha value is -2.54. The number of ketones is 1. The number of carbonyl (C=O) groups excluding carboxylic acids is 1. The molecular formula is C24H29N3O3S. The number of aromatic nitrogens is 2. The number of anilines is 1. The summed E-state index contributed by atoms with van der Waals surface area (Å²) in [4.78, 5) is 34.3. The minimum absolute atomic E-state index is 0.0784. The smallest absolute Gasteiger partial charge is 0.257 e. The zero-order valence-corrected chi connectivity index (χ0v) is 19.5. The van der Waals surface area contributed by atoms with Gasteiger partial charge in [0, 0.05) is 28.9 Å². The second-order valence-electron chi connectivity index (χ2n) is 9.14. The Kier molecular flexibility index (Phi) is 5.73. The Labute approximate surface area is 186 Å². The summed E-state index contributed by atoms with van der Waals surface area (Å²) < 4.78 is 5.41. The van der Waals surface area contributed by atoms with Gasteiger partial charge in [0.25, 0.3) is 5.56 Å². The predicted molar refractivity (Wildman–Crippen MR) is 124 cm³/mol. The Morgan fingerprint density at radius 3 is 2.77 bits per heavy atom. The molecule has 0 fully saturated rings. The van der Waals surface area contributed by atoms with Crippen LogP contribution >= 0.6 is 11.8 Å². The van der Waals surface area contributed by atoms with Gasteiger partial charge in [0.15, 0.2) is 10.9 Å². The number of ether oxygens (including phenoxy) is 1. The fraction of sp³-hybridized carbons (Fsp3) is 0.458. The van der Waals surface area contributed by atoms with Crippen LogP contribution in [0.1, 0.15) is 64.0 Å². The summed E-state index contributed by atoms with van der Waals surface area (Å²) in [5.41, 5.74) is 2.55. The lowest BCUT2D eigenvalue weighted by Gasteiger charge is -2.38. The van der Waals surface area contributed by atoms with Crippen LogP contribution in [0.2, 0.25) is 0 Å². The lowest BCUT2D eigenvalue weighted by Crippen LogP contribution is -2.37. The standard InChI is InChI=1S/C24H29N3O3S/c1-6-13(2)31-23-26-21-20(22(29)27-23)18(14-8-7-9-15(10-14)30-5)19-16(25-21)11-24(3,4)12-17(19)28/h7-10,13,18H,6,11-12H2,1-5H3,(H2,25,26,27,29). The lowest BCUT2D eigenvalue weighted by molar-refractivity contribution is -0.118. The number of carbonyl (C=O) groups is 1. The van der Waals surface area contributed by atoms with Crippen molar-refractivity contribution in [3.8, 4) is 5.75 Å². The van der Waals surface area contributed by atoms with Crippen molar-refractivity contribution < 1.29 is 9.53 Å². The Morgan fingerprint density at radius 2 is 2.06 bits per heavy atom. The fourth-order valence-electron chi connectivity index (χ4n) is 4.38. The van der Waals surface area contributed by atoms with Gasteiger partial charge < -0.3 is 15.0 Å². The van der Waals surface area contributed by atoms with Crippen LogP contribution in [-0.2, 0) is 4.79 Å². The van der Waals surface area contributed by atoms with Crippen molar-refractivity contribution in [2.24, 2.45) is 5.41 Å². The number of rotatable bonds is 5. The van der Waals surface area contributed by atoms with Crippen LogP contribution in [0.4, 0.5) is 5.82 Å². The van der Waals surface area contributed by atoms with Crippen LogP contribution in [0.3, 0.4) is 0 Å². The van der Waals surface area contributed by atoms with E-state index in [0.717, 1.165) is 24.1 Å². The maximum atomic E-state index is 13.3. The van der Waals surface area contributed by atoms with Gasteiger partial charge in [-0.05, 0) is 36.0 Å². The summed E-state index contributed by atoms with van der Waals surface area (Å²) in [5, 5.41) is 4.30. The molecule has 0 amide bonds. The van der Waals surface area contributed by atoms with E-state index < -0.39 is 5.92 Å². The highest BCUT2D eigenvalue weighted by Gasteiger charge is 2.42. The van der Waals surface area contributed by atoms with Gasteiger partial charge in [-0.1, -0.05) is 51.6 Å². The molecule has 164 valence electrons. The van der Waals surface area contributed by atoms with Crippen LogP contribution in [-0.4, -0.2) is 28.1 Å². The minimum atomic E-state index is -0.469. The molecular weight excluding hydrogens is 410 g/mol. The molecule has 2 N–H and O–H groups in total. The molecule has 0 saturated heterocycles.